The third-order valence-electron chi connectivity index (χ3n) is 3.34. The van der Waals surface area contributed by atoms with Crippen LogP contribution in [0, 0.1) is 0 Å². The van der Waals surface area contributed by atoms with Gasteiger partial charge in [-0.1, -0.05) is 0 Å². The van der Waals surface area contributed by atoms with Crippen LogP contribution in [-0.4, -0.2) is 39.6 Å². The maximum atomic E-state index is 11.6. The molecule has 0 bridgehead atoms. The lowest BCUT2D eigenvalue weighted by atomic mass is 10.2. The molecule has 7 heteroatoms. The van der Waals surface area contributed by atoms with Crippen molar-refractivity contribution < 1.29 is 13.7 Å². The number of nitrogens with zero attached hydrogens (tertiary/aromatic N) is 2. The summed E-state index contributed by atoms with van der Waals surface area (Å²) in [6.45, 7) is 0. The van der Waals surface area contributed by atoms with Gasteiger partial charge in [0.15, 0.2) is 5.75 Å². The maximum absolute atomic E-state index is 11.6. The Morgan fingerprint density at radius 1 is 1.14 bits per heavy atom. The molecule has 0 saturated heterocycles. The molecule has 2 heterocycles. The lowest BCUT2D eigenvalue weighted by Crippen LogP contribution is -1.93. The molecule has 1 atom stereocenters. The Balaban J connectivity index is 2.17. The van der Waals surface area contributed by atoms with Gasteiger partial charge in [-0.05, 0) is 18.2 Å². The average Bonchev–Trinajstić information content (AvgIpc) is 2.97. The SMILES string of the molecule is COc1cc(S(C)=O)ccc1-c1nc2c(OC)cncc2[nH]1. The number of benzene rings is 1. The van der Waals surface area contributed by atoms with Gasteiger partial charge in [0.2, 0.25) is 0 Å². The first-order valence-electron chi connectivity index (χ1n) is 6.53. The van der Waals surface area contributed by atoms with E-state index in [0.717, 1.165) is 11.1 Å². The number of rotatable bonds is 4. The molecule has 1 N–H and O–H groups in total. The number of ether oxygens (including phenoxy) is 2. The van der Waals surface area contributed by atoms with Crippen LogP contribution in [0.5, 0.6) is 11.5 Å². The molecule has 0 aliphatic rings. The highest BCUT2D eigenvalue weighted by atomic mass is 32.2. The summed E-state index contributed by atoms with van der Waals surface area (Å²) >= 11 is 0. The molecule has 22 heavy (non-hydrogen) atoms. The van der Waals surface area contributed by atoms with Gasteiger partial charge in [-0.15, -0.1) is 0 Å². The lowest BCUT2D eigenvalue weighted by Gasteiger charge is -2.07. The van der Waals surface area contributed by atoms with E-state index in [1.807, 2.05) is 6.07 Å². The third kappa shape index (κ3) is 2.43. The standard InChI is InChI=1S/C15H15N3O3S/c1-20-12-6-9(22(3)19)4-5-10(12)15-17-11-7-16-8-13(21-2)14(11)18-15/h4-8H,1-3H3,(H,17,18). The Hall–Kier alpha value is -2.41. The molecule has 1 unspecified atom stereocenters. The van der Waals surface area contributed by atoms with Gasteiger partial charge in [-0.2, -0.15) is 0 Å². The van der Waals surface area contributed by atoms with Crippen molar-refractivity contribution in [3.63, 3.8) is 0 Å². The van der Waals surface area contributed by atoms with Crippen molar-refractivity contribution in [1.29, 1.82) is 0 Å². The first-order valence-corrected chi connectivity index (χ1v) is 8.09. The summed E-state index contributed by atoms with van der Waals surface area (Å²) < 4.78 is 22.3. The van der Waals surface area contributed by atoms with Crippen LogP contribution in [0.2, 0.25) is 0 Å². The Labute approximate surface area is 130 Å². The number of nitrogens with one attached hydrogen (secondary N) is 1. The van der Waals surface area contributed by atoms with Crippen molar-refractivity contribution >= 4 is 21.8 Å². The molecule has 6 nitrogen and oxygen atoms in total. The van der Waals surface area contributed by atoms with Crippen LogP contribution in [0.1, 0.15) is 0 Å². The summed E-state index contributed by atoms with van der Waals surface area (Å²) in [6.07, 6.45) is 4.94. The van der Waals surface area contributed by atoms with E-state index in [-0.39, 0.29) is 0 Å². The molecule has 0 saturated carbocycles. The quantitative estimate of drug-likeness (QED) is 0.799. The lowest BCUT2D eigenvalue weighted by molar-refractivity contribution is 0.415. The highest BCUT2D eigenvalue weighted by Gasteiger charge is 2.14. The molecule has 3 aromatic rings. The second-order valence-electron chi connectivity index (χ2n) is 4.64. The van der Waals surface area contributed by atoms with Crippen molar-refractivity contribution in [1.82, 2.24) is 15.0 Å². The zero-order valence-corrected chi connectivity index (χ0v) is 13.2. The second kappa shape index (κ2) is 5.76. The maximum Gasteiger partial charge on any atom is 0.164 e. The summed E-state index contributed by atoms with van der Waals surface area (Å²) in [5, 5.41) is 0. The van der Waals surface area contributed by atoms with Gasteiger partial charge in [-0.25, -0.2) is 4.98 Å². The number of hydrogen-bond acceptors (Lipinski definition) is 5. The summed E-state index contributed by atoms with van der Waals surface area (Å²) in [5.41, 5.74) is 2.27. The van der Waals surface area contributed by atoms with Crippen LogP contribution in [0.3, 0.4) is 0 Å². The third-order valence-corrected chi connectivity index (χ3v) is 4.26. The van der Waals surface area contributed by atoms with E-state index < -0.39 is 10.8 Å². The smallest absolute Gasteiger partial charge is 0.164 e. The Morgan fingerprint density at radius 2 is 1.91 bits per heavy atom. The first-order chi connectivity index (χ1) is 10.6. The van der Waals surface area contributed by atoms with E-state index in [9.17, 15) is 4.21 Å². The van der Waals surface area contributed by atoms with Gasteiger partial charge in [0, 0.05) is 22.0 Å². The van der Waals surface area contributed by atoms with E-state index in [1.165, 1.54) is 0 Å². The van der Waals surface area contributed by atoms with Crippen molar-refractivity contribution in [2.75, 3.05) is 20.5 Å². The van der Waals surface area contributed by atoms with Gasteiger partial charge >= 0.3 is 0 Å². The molecule has 0 aliphatic heterocycles. The zero-order chi connectivity index (χ0) is 15.7. The van der Waals surface area contributed by atoms with E-state index >= 15 is 0 Å². The number of methoxy groups -OCH3 is 2. The molecule has 1 aromatic carbocycles. The number of imidazole rings is 1. The molecular formula is C15H15N3O3S. The minimum absolute atomic E-state index is 0.602. The average molecular weight is 317 g/mol. The number of hydrogen-bond donors (Lipinski definition) is 1. The molecule has 0 aliphatic carbocycles. The molecule has 3 rings (SSSR count). The van der Waals surface area contributed by atoms with E-state index in [4.69, 9.17) is 9.47 Å². The normalized spacial score (nSPS) is 12.3. The second-order valence-corrected chi connectivity index (χ2v) is 6.02. The van der Waals surface area contributed by atoms with Crippen LogP contribution in [0.25, 0.3) is 22.4 Å². The zero-order valence-electron chi connectivity index (χ0n) is 12.4. The van der Waals surface area contributed by atoms with Crippen LogP contribution in [0.15, 0.2) is 35.5 Å². The van der Waals surface area contributed by atoms with Gasteiger partial charge in [0.25, 0.3) is 0 Å². The minimum Gasteiger partial charge on any atom is -0.496 e. The van der Waals surface area contributed by atoms with Crippen LogP contribution in [0.4, 0.5) is 0 Å². The Bertz CT molecular complexity index is 860. The van der Waals surface area contributed by atoms with Crippen molar-refractivity contribution in [3.05, 3.63) is 30.6 Å². The summed E-state index contributed by atoms with van der Waals surface area (Å²) in [5.74, 6) is 1.86. The summed E-state index contributed by atoms with van der Waals surface area (Å²) in [7, 11) is 2.09. The topological polar surface area (TPSA) is 77.1 Å². The summed E-state index contributed by atoms with van der Waals surface area (Å²) in [6, 6.07) is 5.40. The molecule has 114 valence electrons. The molecule has 0 spiro atoms. The number of H-pyrrole nitrogens is 1. The Morgan fingerprint density at radius 3 is 2.59 bits per heavy atom. The fourth-order valence-electron chi connectivity index (χ4n) is 2.23. The highest BCUT2D eigenvalue weighted by Crippen LogP contribution is 2.32. The van der Waals surface area contributed by atoms with Crippen molar-refractivity contribution in [2.45, 2.75) is 4.90 Å². The summed E-state index contributed by atoms with van der Waals surface area (Å²) in [4.78, 5) is 12.6. The van der Waals surface area contributed by atoms with Gasteiger partial charge in [0.1, 0.15) is 17.1 Å². The largest absolute Gasteiger partial charge is 0.496 e. The number of pyridine rings is 1. The molecule has 0 amide bonds. The molecule has 0 fully saturated rings. The highest BCUT2D eigenvalue weighted by molar-refractivity contribution is 7.84. The van der Waals surface area contributed by atoms with Crippen LogP contribution in [-0.2, 0) is 10.8 Å². The molecular weight excluding hydrogens is 302 g/mol. The van der Waals surface area contributed by atoms with Gasteiger partial charge in [-0.3, -0.25) is 9.19 Å². The predicted molar refractivity (Wildman–Crippen MR) is 84.8 cm³/mol. The van der Waals surface area contributed by atoms with Gasteiger partial charge < -0.3 is 14.5 Å². The fourth-order valence-corrected chi connectivity index (χ4v) is 2.76. The van der Waals surface area contributed by atoms with Crippen molar-refractivity contribution in [2.24, 2.45) is 0 Å². The van der Waals surface area contributed by atoms with Crippen LogP contribution >= 0.6 is 0 Å². The fraction of sp³-hybridized carbons (Fsp3) is 0.200. The molecule has 0 radical (unpaired) electrons. The number of aromatic nitrogens is 3. The number of aromatic amines is 1. The Kier molecular flexibility index (Phi) is 3.81. The molecule has 2 aromatic heterocycles. The minimum atomic E-state index is -1.07. The monoisotopic (exact) mass is 317 g/mol. The van der Waals surface area contributed by atoms with E-state index in [0.29, 0.717) is 27.7 Å². The number of fused-ring (bicyclic) bond motifs is 1. The van der Waals surface area contributed by atoms with E-state index in [1.54, 1.807) is 45.0 Å². The van der Waals surface area contributed by atoms with E-state index in [2.05, 4.69) is 15.0 Å². The van der Waals surface area contributed by atoms with Crippen LogP contribution < -0.4 is 9.47 Å². The predicted octanol–water partition coefficient (Wildman–Crippen LogP) is 2.38. The van der Waals surface area contributed by atoms with Crippen molar-refractivity contribution in [3.8, 4) is 22.9 Å². The first kappa shape index (κ1) is 14.5. The van der Waals surface area contributed by atoms with Gasteiger partial charge in [0.05, 0.1) is 37.7 Å².